The first-order valence-corrected chi connectivity index (χ1v) is 11.9. The summed E-state index contributed by atoms with van der Waals surface area (Å²) in [6, 6.07) is 12.8. The van der Waals surface area contributed by atoms with E-state index in [1.165, 1.54) is 23.5 Å². The Morgan fingerprint density at radius 1 is 1.03 bits per heavy atom. The predicted octanol–water partition coefficient (Wildman–Crippen LogP) is 6.76. The number of benzene rings is 2. The molecular formula is C24H16ClF3N4O3S. The van der Waals surface area contributed by atoms with E-state index in [1.807, 2.05) is 0 Å². The van der Waals surface area contributed by atoms with E-state index in [-0.39, 0.29) is 29.0 Å². The zero-order valence-electron chi connectivity index (χ0n) is 18.2. The Kier molecular flexibility index (Phi) is 6.27. The van der Waals surface area contributed by atoms with Crippen LogP contribution in [0.4, 0.5) is 24.0 Å². The second kappa shape index (κ2) is 9.40. The van der Waals surface area contributed by atoms with E-state index in [4.69, 9.17) is 16.3 Å². The van der Waals surface area contributed by atoms with Crippen LogP contribution in [0.5, 0.6) is 11.6 Å². The maximum Gasteiger partial charge on any atom is 0.417 e. The summed E-state index contributed by atoms with van der Waals surface area (Å²) >= 11 is 7.07. The first-order valence-electron chi connectivity index (χ1n) is 10.7. The average molecular weight is 533 g/mol. The lowest BCUT2D eigenvalue weighted by atomic mass is 10.1. The van der Waals surface area contributed by atoms with Crippen LogP contribution in [0.1, 0.15) is 28.8 Å². The molecule has 0 bridgehead atoms. The highest BCUT2D eigenvalue weighted by atomic mass is 35.5. The van der Waals surface area contributed by atoms with Crippen molar-refractivity contribution in [1.82, 2.24) is 9.97 Å². The highest BCUT2D eigenvalue weighted by molar-refractivity contribution is 7.21. The van der Waals surface area contributed by atoms with Gasteiger partial charge in [0.2, 0.25) is 11.8 Å². The van der Waals surface area contributed by atoms with Gasteiger partial charge in [-0.3, -0.25) is 9.59 Å². The van der Waals surface area contributed by atoms with Crippen LogP contribution in [0.2, 0.25) is 5.02 Å². The summed E-state index contributed by atoms with van der Waals surface area (Å²) in [5.74, 6) is -0.192. The second-order valence-electron chi connectivity index (χ2n) is 8.01. The minimum Gasteiger partial charge on any atom is -0.439 e. The van der Waals surface area contributed by atoms with Crippen molar-refractivity contribution in [2.45, 2.75) is 19.0 Å². The zero-order chi connectivity index (χ0) is 25.4. The van der Waals surface area contributed by atoms with Gasteiger partial charge < -0.3 is 15.4 Å². The lowest BCUT2D eigenvalue weighted by molar-refractivity contribution is -0.137. The van der Waals surface area contributed by atoms with E-state index in [1.54, 1.807) is 30.3 Å². The fourth-order valence-electron chi connectivity index (χ4n) is 3.35. The summed E-state index contributed by atoms with van der Waals surface area (Å²) in [6.07, 6.45) is -2.91. The van der Waals surface area contributed by atoms with Gasteiger partial charge >= 0.3 is 6.18 Å². The molecular weight excluding hydrogens is 517 g/mol. The van der Waals surface area contributed by atoms with Gasteiger partial charge in [-0.15, -0.1) is 0 Å². The van der Waals surface area contributed by atoms with Gasteiger partial charge in [0.1, 0.15) is 16.1 Å². The number of ether oxygens (including phenoxy) is 1. The Labute approximate surface area is 211 Å². The molecule has 0 saturated heterocycles. The topological polar surface area (TPSA) is 93.2 Å². The lowest BCUT2D eigenvalue weighted by Crippen LogP contribution is -2.15. The number of pyridine rings is 1. The Hall–Kier alpha value is -3.70. The molecule has 0 radical (unpaired) electrons. The van der Waals surface area contributed by atoms with E-state index in [2.05, 4.69) is 20.6 Å². The van der Waals surface area contributed by atoms with Crippen molar-refractivity contribution in [3.63, 3.8) is 0 Å². The number of carbonyl (C=O) groups is 2. The number of hydrogen-bond acceptors (Lipinski definition) is 6. The monoisotopic (exact) mass is 532 g/mol. The first kappa shape index (κ1) is 24.0. The number of aromatic nitrogens is 2. The lowest BCUT2D eigenvalue weighted by Gasteiger charge is -2.13. The van der Waals surface area contributed by atoms with Crippen molar-refractivity contribution >= 4 is 55.9 Å². The first-order chi connectivity index (χ1) is 17.2. The number of nitrogens with zero attached hydrogens (tertiary/aromatic N) is 2. The quantitative estimate of drug-likeness (QED) is 0.286. The fraction of sp³-hybridized carbons (Fsp3) is 0.167. The summed E-state index contributed by atoms with van der Waals surface area (Å²) in [4.78, 5) is 33.9. The predicted molar refractivity (Wildman–Crippen MR) is 130 cm³/mol. The number of anilines is 2. The molecule has 2 aromatic heterocycles. The minimum absolute atomic E-state index is 0.0455. The molecule has 7 nitrogen and oxygen atoms in total. The molecule has 2 amide bonds. The van der Waals surface area contributed by atoms with Gasteiger partial charge in [-0.1, -0.05) is 35.1 Å². The van der Waals surface area contributed by atoms with Gasteiger partial charge in [-0.2, -0.15) is 13.2 Å². The summed E-state index contributed by atoms with van der Waals surface area (Å²) < 4.78 is 45.1. The van der Waals surface area contributed by atoms with Gasteiger partial charge in [0.25, 0.3) is 5.91 Å². The normalized spacial score (nSPS) is 13.4. The summed E-state index contributed by atoms with van der Waals surface area (Å²) in [5, 5.41) is 5.11. The van der Waals surface area contributed by atoms with Crippen LogP contribution >= 0.6 is 22.9 Å². The van der Waals surface area contributed by atoms with E-state index in [9.17, 15) is 22.8 Å². The van der Waals surface area contributed by atoms with Crippen LogP contribution in [0.15, 0.2) is 54.6 Å². The van der Waals surface area contributed by atoms with E-state index in [0.717, 1.165) is 25.0 Å². The molecule has 0 aliphatic heterocycles. The molecule has 36 heavy (non-hydrogen) atoms. The number of thiazole rings is 1. The van der Waals surface area contributed by atoms with Gasteiger partial charge in [0.05, 0.1) is 16.1 Å². The number of rotatable bonds is 6. The Morgan fingerprint density at radius 2 is 1.81 bits per heavy atom. The van der Waals surface area contributed by atoms with Crippen molar-refractivity contribution in [2.24, 2.45) is 5.92 Å². The van der Waals surface area contributed by atoms with Crippen molar-refractivity contribution in [1.29, 1.82) is 0 Å². The van der Waals surface area contributed by atoms with E-state index >= 15 is 0 Å². The zero-order valence-corrected chi connectivity index (χ0v) is 19.8. The maximum atomic E-state index is 13.1. The van der Waals surface area contributed by atoms with Crippen LogP contribution in [0, 0.1) is 5.92 Å². The molecule has 1 saturated carbocycles. The molecule has 12 heteroatoms. The van der Waals surface area contributed by atoms with Gasteiger partial charge in [-0.25, -0.2) is 9.97 Å². The second-order valence-corrected chi connectivity index (χ2v) is 9.36. The van der Waals surface area contributed by atoms with Crippen LogP contribution in [-0.4, -0.2) is 21.8 Å². The Morgan fingerprint density at radius 3 is 2.56 bits per heavy atom. The Bertz CT molecular complexity index is 1490. The molecule has 184 valence electrons. The molecule has 1 fully saturated rings. The van der Waals surface area contributed by atoms with Crippen molar-refractivity contribution in [3.8, 4) is 11.6 Å². The smallest absolute Gasteiger partial charge is 0.417 e. The average Bonchev–Trinajstić information content (AvgIpc) is 3.59. The molecule has 4 aromatic rings. The number of hydrogen-bond donors (Lipinski definition) is 2. The molecule has 5 rings (SSSR count). The highest BCUT2D eigenvalue weighted by Gasteiger charge is 2.34. The number of amides is 2. The fourth-order valence-corrected chi connectivity index (χ4v) is 4.50. The molecule has 0 atom stereocenters. The number of alkyl halides is 3. The number of nitrogens with one attached hydrogen (secondary N) is 2. The van der Waals surface area contributed by atoms with Gasteiger partial charge in [0.15, 0.2) is 5.13 Å². The van der Waals surface area contributed by atoms with E-state index < -0.39 is 22.7 Å². The molecule has 1 aliphatic carbocycles. The third-order valence-electron chi connectivity index (χ3n) is 5.27. The molecule has 2 N–H and O–H groups in total. The number of halogens is 4. The molecule has 0 unspecified atom stereocenters. The summed E-state index contributed by atoms with van der Waals surface area (Å²) in [7, 11) is 0. The molecule has 2 heterocycles. The van der Waals surface area contributed by atoms with Crippen molar-refractivity contribution in [2.75, 3.05) is 10.6 Å². The van der Waals surface area contributed by atoms with Crippen LogP contribution < -0.4 is 15.4 Å². The van der Waals surface area contributed by atoms with Crippen LogP contribution in [0.25, 0.3) is 10.3 Å². The summed E-state index contributed by atoms with van der Waals surface area (Å²) in [5.41, 5.74) is -0.499. The summed E-state index contributed by atoms with van der Waals surface area (Å²) in [6.45, 7) is 0. The van der Waals surface area contributed by atoms with Crippen molar-refractivity contribution < 1.29 is 27.5 Å². The van der Waals surface area contributed by atoms with Gasteiger partial charge in [-0.05, 0) is 43.2 Å². The third kappa shape index (κ3) is 5.26. The molecule has 0 spiro atoms. The van der Waals surface area contributed by atoms with Crippen molar-refractivity contribution in [3.05, 3.63) is 70.7 Å². The number of carbonyl (C=O) groups excluding carboxylic acids is 2. The third-order valence-corrected chi connectivity index (χ3v) is 6.56. The number of fused-ring (bicyclic) bond motifs is 1. The minimum atomic E-state index is -4.68. The molecule has 2 aromatic carbocycles. The largest absolute Gasteiger partial charge is 0.439 e. The standard InChI is InChI=1S/C24H16ClF3N4O3S/c25-19-15(5-2-6-16(19)24(26,27)28)21(34)29-13-3-1-4-14(11-13)35-18-10-9-17-22(31-18)36-23(30-17)32-20(33)12-7-8-12/h1-6,9-12H,7-8H2,(H,29,34)(H,30,32,33). The molecule has 1 aliphatic rings. The SMILES string of the molecule is O=C(Nc1cccc(Oc2ccc3nc(NC(=O)C4CC4)sc3n2)c1)c1cccc(C(F)(F)F)c1Cl. The van der Waals surface area contributed by atoms with Gasteiger partial charge in [0, 0.05) is 23.7 Å². The van der Waals surface area contributed by atoms with Crippen LogP contribution in [0.3, 0.4) is 0 Å². The Balaban J connectivity index is 1.30. The van der Waals surface area contributed by atoms with Crippen LogP contribution in [-0.2, 0) is 11.0 Å². The van der Waals surface area contributed by atoms with E-state index in [0.29, 0.717) is 21.2 Å². The highest BCUT2D eigenvalue weighted by Crippen LogP contribution is 2.37. The maximum absolute atomic E-state index is 13.1.